The van der Waals surface area contributed by atoms with Crippen molar-refractivity contribution < 1.29 is 22.7 Å². The topological polar surface area (TPSA) is 77.5 Å². The highest BCUT2D eigenvalue weighted by Gasteiger charge is 2.29. The summed E-state index contributed by atoms with van der Waals surface area (Å²) in [6.45, 7) is 3.02. The van der Waals surface area contributed by atoms with E-state index in [1.54, 1.807) is 42.5 Å². The number of ketones is 1. The summed E-state index contributed by atoms with van der Waals surface area (Å²) in [6.07, 6.45) is -1.23. The molecule has 0 bridgehead atoms. The summed E-state index contributed by atoms with van der Waals surface area (Å²) in [6, 6.07) is 14.6. The van der Waals surface area contributed by atoms with Crippen molar-refractivity contribution in [2.24, 2.45) is 0 Å². The lowest BCUT2D eigenvalue weighted by atomic mass is 10.1. The van der Waals surface area contributed by atoms with Crippen LogP contribution in [0.25, 0.3) is 0 Å². The van der Waals surface area contributed by atoms with E-state index in [-0.39, 0.29) is 4.90 Å². The Morgan fingerprint density at radius 2 is 1.58 bits per heavy atom. The molecule has 1 atom stereocenters. The van der Waals surface area contributed by atoms with Gasteiger partial charge in [0.1, 0.15) is 5.75 Å². The van der Waals surface area contributed by atoms with E-state index < -0.39 is 33.4 Å². The van der Waals surface area contributed by atoms with Gasteiger partial charge in [-0.1, -0.05) is 48.0 Å². The van der Waals surface area contributed by atoms with Gasteiger partial charge in [0.2, 0.25) is 0 Å². The molecule has 24 heavy (non-hydrogen) atoms. The van der Waals surface area contributed by atoms with Gasteiger partial charge < -0.3 is 4.74 Å². The van der Waals surface area contributed by atoms with Crippen LogP contribution in [0.2, 0.25) is 0 Å². The Bertz CT molecular complexity index is 823. The van der Waals surface area contributed by atoms with E-state index in [0.29, 0.717) is 5.56 Å². The maximum atomic E-state index is 12.5. The maximum absolute atomic E-state index is 12.5. The number of carbonyl (C=O) groups excluding carboxylic acids is 2. The van der Waals surface area contributed by atoms with Gasteiger partial charge in [0.15, 0.2) is 21.7 Å². The van der Waals surface area contributed by atoms with Crippen molar-refractivity contribution in [3.63, 3.8) is 0 Å². The zero-order chi connectivity index (χ0) is 17.7. The summed E-state index contributed by atoms with van der Waals surface area (Å²) in [5.41, 5.74) is 1.36. The molecule has 0 aliphatic carbocycles. The summed E-state index contributed by atoms with van der Waals surface area (Å²) in [5, 5.41) is 0. The van der Waals surface area contributed by atoms with E-state index >= 15 is 0 Å². The molecule has 2 aromatic rings. The van der Waals surface area contributed by atoms with Gasteiger partial charge in [-0.25, -0.2) is 8.42 Å². The minimum absolute atomic E-state index is 0.0658. The molecule has 0 fully saturated rings. The Morgan fingerprint density at radius 3 is 2.12 bits per heavy atom. The Hall–Kier alpha value is -2.47. The van der Waals surface area contributed by atoms with Gasteiger partial charge in [-0.05, 0) is 19.1 Å². The smallest absolute Gasteiger partial charge is 0.303 e. The summed E-state index contributed by atoms with van der Waals surface area (Å²) >= 11 is 0. The molecule has 6 heteroatoms. The van der Waals surface area contributed by atoms with Crippen LogP contribution in [0.3, 0.4) is 0 Å². The van der Waals surface area contributed by atoms with Crippen LogP contribution in [0.5, 0.6) is 0 Å². The van der Waals surface area contributed by atoms with Gasteiger partial charge in [-0.3, -0.25) is 9.59 Å². The third kappa shape index (κ3) is 4.52. The summed E-state index contributed by atoms with van der Waals surface area (Å²) in [4.78, 5) is 23.8. The van der Waals surface area contributed by atoms with Crippen LogP contribution >= 0.6 is 0 Å². The number of Topliss-reactive ketones (excluding diaryl/α,β-unsaturated/α-hetero) is 1. The predicted molar refractivity (Wildman–Crippen MR) is 89.2 cm³/mol. The zero-order valence-electron chi connectivity index (χ0n) is 13.4. The fraction of sp³-hybridized carbons (Fsp3) is 0.222. The first-order valence-electron chi connectivity index (χ1n) is 7.34. The van der Waals surface area contributed by atoms with Crippen molar-refractivity contribution in [1.82, 2.24) is 0 Å². The lowest BCUT2D eigenvalue weighted by molar-refractivity contribution is -0.152. The number of benzene rings is 2. The van der Waals surface area contributed by atoms with E-state index in [0.717, 1.165) is 5.56 Å². The zero-order valence-corrected chi connectivity index (χ0v) is 14.2. The minimum atomic E-state index is -3.81. The summed E-state index contributed by atoms with van der Waals surface area (Å²) < 4.78 is 29.9. The molecule has 0 aromatic heterocycles. The number of rotatable bonds is 6. The van der Waals surface area contributed by atoms with Crippen molar-refractivity contribution in [3.05, 3.63) is 65.7 Å². The third-order valence-electron chi connectivity index (χ3n) is 3.39. The van der Waals surface area contributed by atoms with Gasteiger partial charge in [-0.15, -0.1) is 0 Å². The van der Waals surface area contributed by atoms with Gasteiger partial charge in [-0.2, -0.15) is 0 Å². The quantitative estimate of drug-likeness (QED) is 0.752. The second-order valence-corrected chi connectivity index (χ2v) is 7.43. The highest BCUT2D eigenvalue weighted by atomic mass is 32.2. The summed E-state index contributed by atoms with van der Waals surface area (Å²) in [5.74, 6) is -2.06. The van der Waals surface area contributed by atoms with E-state index in [1.165, 1.54) is 19.1 Å². The summed E-state index contributed by atoms with van der Waals surface area (Å²) in [7, 11) is -3.81. The molecule has 2 aromatic carbocycles. The van der Waals surface area contributed by atoms with Crippen LogP contribution in [0.4, 0.5) is 0 Å². The van der Waals surface area contributed by atoms with E-state index in [9.17, 15) is 18.0 Å². The number of sulfone groups is 1. The first kappa shape index (κ1) is 17.9. The Morgan fingerprint density at radius 1 is 1.00 bits per heavy atom. The fourth-order valence-corrected chi connectivity index (χ4v) is 3.45. The van der Waals surface area contributed by atoms with Crippen molar-refractivity contribution in [1.29, 1.82) is 0 Å². The number of hydrogen-bond acceptors (Lipinski definition) is 5. The van der Waals surface area contributed by atoms with Gasteiger partial charge in [0.25, 0.3) is 0 Å². The number of ether oxygens (including phenoxy) is 1. The monoisotopic (exact) mass is 346 g/mol. The van der Waals surface area contributed by atoms with Crippen molar-refractivity contribution in [3.8, 4) is 0 Å². The average molecular weight is 346 g/mol. The molecule has 0 heterocycles. The largest absolute Gasteiger partial charge is 0.450 e. The molecular weight excluding hydrogens is 328 g/mol. The first-order chi connectivity index (χ1) is 11.3. The molecule has 1 unspecified atom stereocenters. The molecule has 0 N–H and O–H groups in total. The van der Waals surface area contributed by atoms with Crippen molar-refractivity contribution in [2.75, 3.05) is 5.75 Å². The van der Waals surface area contributed by atoms with E-state index in [4.69, 9.17) is 4.74 Å². The van der Waals surface area contributed by atoms with Gasteiger partial charge in [0, 0.05) is 12.5 Å². The molecule has 126 valence electrons. The number of carbonyl (C=O) groups is 2. The third-order valence-corrected chi connectivity index (χ3v) is 5.05. The van der Waals surface area contributed by atoms with Crippen LogP contribution in [-0.4, -0.2) is 25.9 Å². The molecule has 0 aliphatic rings. The lowest BCUT2D eigenvalue weighted by Gasteiger charge is -2.16. The standard InChI is InChI=1S/C18H18O5S/c1-13-8-10-16(11-9-13)24(21,22)12-17(20)18(23-14(2)19)15-6-4-3-5-7-15/h3-11,18H,12H2,1-2H3. The molecule has 0 radical (unpaired) electrons. The lowest BCUT2D eigenvalue weighted by Crippen LogP contribution is -2.25. The van der Waals surface area contributed by atoms with Gasteiger partial charge in [0.05, 0.1) is 4.90 Å². The fourth-order valence-electron chi connectivity index (χ4n) is 2.21. The van der Waals surface area contributed by atoms with Crippen LogP contribution < -0.4 is 0 Å². The second-order valence-electron chi connectivity index (χ2n) is 5.44. The molecule has 0 spiro atoms. The average Bonchev–Trinajstić information content (AvgIpc) is 2.53. The molecule has 2 rings (SSSR count). The maximum Gasteiger partial charge on any atom is 0.303 e. The second kappa shape index (κ2) is 7.40. The van der Waals surface area contributed by atoms with Gasteiger partial charge >= 0.3 is 5.97 Å². The normalized spacial score (nSPS) is 12.4. The molecule has 0 saturated heterocycles. The van der Waals surface area contributed by atoms with Crippen LogP contribution in [0.1, 0.15) is 24.2 Å². The van der Waals surface area contributed by atoms with Crippen molar-refractivity contribution in [2.45, 2.75) is 24.8 Å². The predicted octanol–water partition coefficient (Wildman–Crippen LogP) is 2.64. The molecular formula is C18H18O5S. The number of hydrogen-bond donors (Lipinski definition) is 0. The highest BCUT2D eigenvalue weighted by Crippen LogP contribution is 2.21. The van der Waals surface area contributed by atoms with Crippen molar-refractivity contribution >= 4 is 21.6 Å². The van der Waals surface area contributed by atoms with Crippen LogP contribution in [-0.2, 0) is 24.2 Å². The molecule has 5 nitrogen and oxygen atoms in total. The van der Waals surface area contributed by atoms with Crippen LogP contribution in [0.15, 0.2) is 59.5 Å². The molecule has 0 aliphatic heterocycles. The Labute approximate surface area is 141 Å². The first-order valence-corrected chi connectivity index (χ1v) is 8.99. The Balaban J connectivity index is 2.27. The molecule has 0 saturated carbocycles. The van der Waals surface area contributed by atoms with E-state index in [2.05, 4.69) is 0 Å². The van der Waals surface area contributed by atoms with E-state index in [1.807, 2.05) is 6.92 Å². The minimum Gasteiger partial charge on any atom is -0.450 e. The Kier molecular flexibility index (Phi) is 5.51. The highest BCUT2D eigenvalue weighted by molar-refractivity contribution is 7.92. The number of esters is 1. The SMILES string of the molecule is CC(=O)OC(C(=O)CS(=O)(=O)c1ccc(C)cc1)c1ccccc1. The molecule has 0 amide bonds. The van der Waals surface area contributed by atoms with Crippen LogP contribution in [0, 0.1) is 6.92 Å². The number of aryl methyl sites for hydroxylation is 1.